The van der Waals surface area contributed by atoms with Crippen LogP contribution in [0.5, 0.6) is 11.5 Å². The van der Waals surface area contributed by atoms with Crippen LogP contribution in [0.15, 0.2) is 24.3 Å². The van der Waals surface area contributed by atoms with Crippen molar-refractivity contribution in [1.29, 1.82) is 0 Å². The third-order valence-corrected chi connectivity index (χ3v) is 5.11. The van der Waals surface area contributed by atoms with Crippen molar-refractivity contribution in [3.63, 3.8) is 0 Å². The van der Waals surface area contributed by atoms with Crippen LogP contribution >= 0.6 is 0 Å². The Morgan fingerprint density at radius 3 is 2.21 bits per heavy atom. The average molecular weight is 409 g/mol. The fourth-order valence-corrected chi connectivity index (χ4v) is 3.37. The molecule has 1 saturated heterocycles. The normalized spacial score (nSPS) is 20.4. The van der Waals surface area contributed by atoms with E-state index in [1.54, 1.807) is 7.11 Å². The number of quaternary nitrogens is 2. The molecule has 0 spiro atoms. The first-order valence-electron chi connectivity index (χ1n) is 10.3. The maximum absolute atomic E-state index is 12.4. The number of amides is 3. The molecule has 0 aromatic heterocycles. The van der Waals surface area contributed by atoms with E-state index in [0.29, 0.717) is 6.61 Å². The Kier molecular flexibility index (Phi) is 8.28. The highest BCUT2D eigenvalue weighted by molar-refractivity contribution is 5.96. The van der Waals surface area contributed by atoms with Gasteiger partial charge in [-0.25, -0.2) is 4.79 Å². The van der Waals surface area contributed by atoms with Crippen LogP contribution < -0.4 is 29.9 Å². The van der Waals surface area contributed by atoms with Crippen molar-refractivity contribution in [2.75, 3.05) is 46.4 Å². The lowest BCUT2D eigenvalue weighted by Gasteiger charge is -2.32. The van der Waals surface area contributed by atoms with Gasteiger partial charge >= 0.3 is 6.03 Å². The van der Waals surface area contributed by atoms with Crippen molar-refractivity contribution in [2.45, 2.75) is 39.3 Å². The average Bonchev–Trinajstić information content (AvgIpc) is 2.67. The number of hydrogen-bond acceptors (Lipinski definition) is 4. The first-order valence-corrected chi connectivity index (χ1v) is 10.3. The number of nitrogens with one attached hydrogen (secondary N) is 4. The van der Waals surface area contributed by atoms with Crippen molar-refractivity contribution < 1.29 is 28.9 Å². The minimum absolute atomic E-state index is 0.229. The first kappa shape index (κ1) is 23.0. The van der Waals surface area contributed by atoms with Crippen LogP contribution in [0.1, 0.15) is 27.7 Å². The Morgan fingerprint density at radius 1 is 1.07 bits per heavy atom. The second-order valence-electron chi connectivity index (χ2n) is 8.60. The molecule has 162 valence electrons. The highest BCUT2D eigenvalue weighted by Gasteiger charge is 2.32. The molecule has 1 heterocycles. The Morgan fingerprint density at radius 2 is 1.66 bits per heavy atom. The highest BCUT2D eigenvalue weighted by Crippen LogP contribution is 2.16. The van der Waals surface area contributed by atoms with E-state index >= 15 is 0 Å². The van der Waals surface area contributed by atoms with Gasteiger partial charge in [-0.3, -0.25) is 10.1 Å². The molecule has 1 aliphatic rings. The molecule has 0 radical (unpaired) electrons. The highest BCUT2D eigenvalue weighted by atomic mass is 16.5. The number of imide groups is 1. The monoisotopic (exact) mass is 408 g/mol. The quantitative estimate of drug-likeness (QED) is 0.460. The van der Waals surface area contributed by atoms with Crippen molar-refractivity contribution in [2.24, 2.45) is 0 Å². The molecule has 3 amide bonds. The van der Waals surface area contributed by atoms with Gasteiger partial charge in [0.25, 0.3) is 5.91 Å². The SMILES string of the molecule is COc1ccc(OCC[NH+]2CC[NH+]([C@H](C)C(=O)NC(=O)NC(C)(C)C)CC2)cc1. The standard InChI is InChI=1S/C21H34N4O4/c1-16(19(26)22-20(27)23-21(2,3)4)25-12-10-24(11-13-25)14-15-29-18-8-6-17(28-5)7-9-18/h6-9,16H,10-15H2,1-5H3,(H2,22,23,26,27)/p+2/t16-/m1/s1. The summed E-state index contributed by atoms with van der Waals surface area (Å²) in [4.78, 5) is 27.0. The van der Waals surface area contributed by atoms with Gasteiger partial charge in [-0.15, -0.1) is 0 Å². The Hall–Kier alpha value is -2.32. The molecule has 1 aliphatic heterocycles. The van der Waals surface area contributed by atoms with Crippen LogP contribution in [0.4, 0.5) is 4.79 Å². The van der Waals surface area contributed by atoms with E-state index in [1.165, 1.54) is 9.80 Å². The van der Waals surface area contributed by atoms with E-state index in [0.717, 1.165) is 44.2 Å². The van der Waals surface area contributed by atoms with E-state index in [4.69, 9.17) is 9.47 Å². The summed E-state index contributed by atoms with van der Waals surface area (Å²) in [5, 5.41) is 5.21. The lowest BCUT2D eigenvalue weighted by molar-refractivity contribution is -1.02. The molecule has 1 aromatic carbocycles. The van der Waals surface area contributed by atoms with Gasteiger partial charge in [0.1, 0.15) is 50.8 Å². The predicted molar refractivity (Wildman–Crippen MR) is 111 cm³/mol. The molecule has 4 N–H and O–H groups in total. The molecule has 0 unspecified atom stereocenters. The van der Waals surface area contributed by atoms with Gasteiger partial charge in [0.15, 0.2) is 6.04 Å². The topological polar surface area (TPSA) is 85.5 Å². The predicted octanol–water partition coefficient (Wildman–Crippen LogP) is -1.13. The number of piperazine rings is 1. The Labute approximate surface area is 173 Å². The van der Waals surface area contributed by atoms with Crippen LogP contribution in [0.3, 0.4) is 0 Å². The summed E-state index contributed by atoms with van der Waals surface area (Å²) in [6.07, 6.45) is 0. The maximum Gasteiger partial charge on any atom is 0.322 e. The van der Waals surface area contributed by atoms with E-state index in [-0.39, 0.29) is 17.5 Å². The smallest absolute Gasteiger partial charge is 0.322 e. The van der Waals surface area contributed by atoms with Gasteiger partial charge in [0.2, 0.25) is 0 Å². The summed E-state index contributed by atoms with van der Waals surface area (Å²) in [5.41, 5.74) is -0.372. The maximum atomic E-state index is 12.4. The van der Waals surface area contributed by atoms with Crippen LogP contribution in [0.2, 0.25) is 0 Å². The minimum Gasteiger partial charge on any atom is -0.497 e. The first-order chi connectivity index (χ1) is 13.7. The summed E-state index contributed by atoms with van der Waals surface area (Å²) in [5.74, 6) is 1.43. The molecule has 1 atom stereocenters. The van der Waals surface area contributed by atoms with Crippen LogP contribution in [0, 0.1) is 0 Å². The zero-order valence-corrected chi connectivity index (χ0v) is 18.3. The second kappa shape index (κ2) is 10.5. The number of urea groups is 1. The number of methoxy groups -OCH3 is 1. The van der Waals surface area contributed by atoms with Crippen molar-refractivity contribution in [1.82, 2.24) is 10.6 Å². The molecule has 0 bridgehead atoms. The second-order valence-corrected chi connectivity index (χ2v) is 8.60. The summed E-state index contributed by atoms with van der Waals surface area (Å²) in [7, 11) is 1.64. The lowest BCUT2D eigenvalue weighted by Crippen LogP contribution is -3.30. The molecular formula is C21H36N4O4+2. The summed E-state index contributed by atoms with van der Waals surface area (Å²) >= 11 is 0. The van der Waals surface area contributed by atoms with Gasteiger partial charge in [-0.05, 0) is 52.0 Å². The molecule has 8 heteroatoms. The molecule has 1 aromatic rings. The van der Waals surface area contributed by atoms with Gasteiger partial charge in [0.05, 0.1) is 7.11 Å². The third-order valence-electron chi connectivity index (χ3n) is 5.11. The number of rotatable bonds is 7. The minimum atomic E-state index is -0.436. The fourth-order valence-electron chi connectivity index (χ4n) is 3.37. The number of hydrogen-bond donors (Lipinski definition) is 4. The van der Waals surface area contributed by atoms with Crippen molar-refractivity contribution in [3.05, 3.63) is 24.3 Å². The number of carbonyl (C=O) groups excluding carboxylic acids is 2. The fraction of sp³-hybridized carbons (Fsp3) is 0.619. The molecule has 1 fully saturated rings. The molecule has 2 rings (SSSR count). The molecular weight excluding hydrogens is 372 g/mol. The summed E-state index contributed by atoms with van der Waals surface area (Å²) in [6, 6.07) is 6.90. The van der Waals surface area contributed by atoms with E-state index < -0.39 is 6.03 Å². The zero-order chi connectivity index (χ0) is 21.4. The molecule has 0 aliphatic carbocycles. The van der Waals surface area contributed by atoms with Crippen molar-refractivity contribution >= 4 is 11.9 Å². The Bertz CT molecular complexity index is 664. The van der Waals surface area contributed by atoms with E-state index in [1.807, 2.05) is 52.0 Å². The van der Waals surface area contributed by atoms with Crippen LogP contribution in [0.25, 0.3) is 0 Å². The van der Waals surface area contributed by atoms with Gasteiger partial charge in [-0.1, -0.05) is 0 Å². The van der Waals surface area contributed by atoms with Crippen molar-refractivity contribution in [3.8, 4) is 11.5 Å². The number of ether oxygens (including phenoxy) is 2. The van der Waals surface area contributed by atoms with Gasteiger partial charge < -0.3 is 24.6 Å². The van der Waals surface area contributed by atoms with E-state index in [9.17, 15) is 9.59 Å². The third kappa shape index (κ3) is 7.91. The molecule has 8 nitrogen and oxygen atoms in total. The van der Waals surface area contributed by atoms with Crippen LogP contribution in [-0.4, -0.2) is 70.0 Å². The number of benzene rings is 1. The molecule has 29 heavy (non-hydrogen) atoms. The summed E-state index contributed by atoms with van der Waals surface area (Å²) in [6.45, 7) is 12.9. The van der Waals surface area contributed by atoms with Gasteiger partial charge in [0, 0.05) is 5.54 Å². The van der Waals surface area contributed by atoms with Gasteiger partial charge in [-0.2, -0.15) is 0 Å². The largest absolute Gasteiger partial charge is 0.497 e. The summed E-state index contributed by atoms with van der Waals surface area (Å²) < 4.78 is 11.0. The number of carbonyl (C=O) groups is 2. The van der Waals surface area contributed by atoms with Crippen LogP contribution in [-0.2, 0) is 4.79 Å². The molecule has 0 saturated carbocycles. The lowest BCUT2D eigenvalue weighted by atomic mass is 10.1. The zero-order valence-electron chi connectivity index (χ0n) is 18.3. The van der Waals surface area contributed by atoms with E-state index in [2.05, 4.69) is 10.6 Å². The Balaban J connectivity index is 1.68.